The zero-order valence-electron chi connectivity index (χ0n) is 13.9. The second-order valence-electron chi connectivity index (χ2n) is 6.47. The van der Waals surface area contributed by atoms with E-state index in [0.717, 1.165) is 36.7 Å². The van der Waals surface area contributed by atoms with E-state index in [1.54, 1.807) is 6.20 Å². The van der Waals surface area contributed by atoms with Gasteiger partial charge in [-0.1, -0.05) is 23.7 Å². The molecule has 0 aliphatic carbocycles. The molecule has 1 aliphatic heterocycles. The number of hydrogen-bond donors (Lipinski definition) is 0. The van der Waals surface area contributed by atoms with Gasteiger partial charge in [0.25, 0.3) is 0 Å². The molecule has 0 saturated carbocycles. The van der Waals surface area contributed by atoms with Gasteiger partial charge in [-0.05, 0) is 50.1 Å². The molecule has 1 atom stereocenters. The van der Waals surface area contributed by atoms with E-state index in [4.69, 9.17) is 4.52 Å². The summed E-state index contributed by atoms with van der Waals surface area (Å²) in [5.74, 6) is 0.885. The van der Waals surface area contributed by atoms with Crippen LogP contribution in [0.15, 0.2) is 53.3 Å². The van der Waals surface area contributed by atoms with Crippen LogP contribution in [-0.2, 0) is 6.54 Å². The molecule has 5 heteroatoms. The Labute approximate surface area is 141 Å². The van der Waals surface area contributed by atoms with E-state index >= 15 is 0 Å². The Bertz CT molecular complexity index is 793. The highest BCUT2D eigenvalue weighted by Crippen LogP contribution is 2.32. The number of benzene rings is 1. The summed E-state index contributed by atoms with van der Waals surface area (Å²) in [5.41, 5.74) is 3.47. The standard InChI is InChI=1S/C19H22N4O/c1-15-12-18(21-24-15)19-8-2-3-10-22(19)14-16-6-4-7-17(13-16)23-11-5-9-20-23/h4-7,9,11-13,19H,2-3,8,10,14H2,1H3. The monoisotopic (exact) mass is 322 g/mol. The van der Waals surface area contributed by atoms with Crippen molar-refractivity contribution < 1.29 is 4.52 Å². The zero-order valence-corrected chi connectivity index (χ0v) is 13.9. The maximum Gasteiger partial charge on any atom is 0.133 e. The van der Waals surface area contributed by atoms with Crippen LogP contribution in [0.1, 0.15) is 42.3 Å². The van der Waals surface area contributed by atoms with Gasteiger partial charge in [0.15, 0.2) is 0 Å². The van der Waals surface area contributed by atoms with Gasteiger partial charge in [-0.2, -0.15) is 5.10 Å². The minimum atomic E-state index is 0.351. The topological polar surface area (TPSA) is 47.1 Å². The number of rotatable bonds is 4. The maximum absolute atomic E-state index is 5.30. The molecule has 0 N–H and O–H groups in total. The Balaban J connectivity index is 1.56. The lowest BCUT2D eigenvalue weighted by molar-refractivity contribution is 0.134. The summed E-state index contributed by atoms with van der Waals surface area (Å²) in [6, 6.07) is 13.0. The van der Waals surface area contributed by atoms with Crippen molar-refractivity contribution in [3.05, 3.63) is 65.8 Å². The minimum Gasteiger partial charge on any atom is -0.361 e. The first-order valence-electron chi connectivity index (χ1n) is 8.56. The molecule has 1 fully saturated rings. The first-order valence-corrected chi connectivity index (χ1v) is 8.56. The summed E-state index contributed by atoms with van der Waals surface area (Å²) in [7, 11) is 0. The molecule has 1 unspecified atom stereocenters. The molecule has 3 heterocycles. The molecule has 0 bridgehead atoms. The van der Waals surface area contributed by atoms with Gasteiger partial charge >= 0.3 is 0 Å². The smallest absolute Gasteiger partial charge is 0.133 e. The summed E-state index contributed by atoms with van der Waals surface area (Å²) in [4.78, 5) is 2.52. The molecule has 24 heavy (non-hydrogen) atoms. The lowest BCUT2D eigenvalue weighted by atomic mass is 9.98. The Morgan fingerprint density at radius 3 is 2.96 bits per heavy atom. The Kier molecular flexibility index (Phi) is 4.17. The van der Waals surface area contributed by atoms with Crippen LogP contribution in [0, 0.1) is 6.92 Å². The minimum absolute atomic E-state index is 0.351. The summed E-state index contributed by atoms with van der Waals surface area (Å²) >= 11 is 0. The molecule has 1 saturated heterocycles. The molecule has 124 valence electrons. The number of aryl methyl sites for hydroxylation is 1. The number of likely N-dealkylation sites (tertiary alicyclic amines) is 1. The fraction of sp³-hybridized carbons (Fsp3) is 0.368. The van der Waals surface area contributed by atoms with Crippen LogP contribution >= 0.6 is 0 Å². The predicted molar refractivity (Wildman–Crippen MR) is 91.8 cm³/mol. The maximum atomic E-state index is 5.30. The summed E-state index contributed by atoms with van der Waals surface area (Å²) in [6.07, 6.45) is 7.42. The normalized spacial score (nSPS) is 18.8. The van der Waals surface area contributed by atoms with Crippen molar-refractivity contribution in [1.29, 1.82) is 0 Å². The van der Waals surface area contributed by atoms with Gasteiger partial charge in [-0.25, -0.2) is 4.68 Å². The largest absolute Gasteiger partial charge is 0.361 e. The third-order valence-electron chi connectivity index (χ3n) is 4.67. The molecule has 2 aromatic heterocycles. The molecule has 0 radical (unpaired) electrons. The van der Waals surface area contributed by atoms with E-state index in [1.807, 2.05) is 23.9 Å². The van der Waals surface area contributed by atoms with Gasteiger partial charge in [0, 0.05) is 25.0 Å². The second kappa shape index (κ2) is 6.61. The van der Waals surface area contributed by atoms with E-state index < -0.39 is 0 Å². The summed E-state index contributed by atoms with van der Waals surface area (Å²) < 4.78 is 7.20. The van der Waals surface area contributed by atoms with Crippen LogP contribution in [0.4, 0.5) is 0 Å². The molecule has 5 nitrogen and oxygen atoms in total. The summed E-state index contributed by atoms with van der Waals surface area (Å²) in [5, 5.41) is 8.58. The average Bonchev–Trinajstić information content (AvgIpc) is 3.27. The van der Waals surface area contributed by atoms with Crippen LogP contribution in [0.2, 0.25) is 0 Å². The second-order valence-corrected chi connectivity index (χ2v) is 6.47. The third-order valence-corrected chi connectivity index (χ3v) is 4.67. The van der Waals surface area contributed by atoms with Crippen molar-refractivity contribution in [1.82, 2.24) is 19.8 Å². The van der Waals surface area contributed by atoms with Crippen LogP contribution in [-0.4, -0.2) is 26.4 Å². The van der Waals surface area contributed by atoms with E-state index in [9.17, 15) is 0 Å². The fourth-order valence-electron chi connectivity index (χ4n) is 3.51. The first-order chi connectivity index (χ1) is 11.8. The molecular weight excluding hydrogens is 300 g/mol. The average molecular weight is 322 g/mol. The number of aromatic nitrogens is 3. The van der Waals surface area contributed by atoms with Crippen LogP contribution in [0.5, 0.6) is 0 Å². The SMILES string of the molecule is Cc1cc(C2CCCCN2Cc2cccc(-n3cccn3)c2)no1. The quantitative estimate of drug-likeness (QED) is 0.731. The van der Waals surface area contributed by atoms with Crippen molar-refractivity contribution in [3.63, 3.8) is 0 Å². The summed E-state index contributed by atoms with van der Waals surface area (Å²) in [6.45, 7) is 3.98. The van der Waals surface area contributed by atoms with Gasteiger partial charge < -0.3 is 4.52 Å². The number of piperidine rings is 1. The van der Waals surface area contributed by atoms with Gasteiger partial charge in [-0.3, -0.25) is 4.90 Å². The van der Waals surface area contributed by atoms with Crippen molar-refractivity contribution in [2.45, 2.75) is 38.8 Å². The third kappa shape index (κ3) is 3.12. The van der Waals surface area contributed by atoms with Gasteiger partial charge in [-0.15, -0.1) is 0 Å². The fourth-order valence-corrected chi connectivity index (χ4v) is 3.51. The molecule has 0 amide bonds. The Hall–Kier alpha value is -2.40. The van der Waals surface area contributed by atoms with Crippen molar-refractivity contribution in [2.75, 3.05) is 6.54 Å². The van der Waals surface area contributed by atoms with Gasteiger partial charge in [0.2, 0.25) is 0 Å². The number of nitrogens with zero attached hydrogens (tertiary/aromatic N) is 4. The van der Waals surface area contributed by atoms with Crippen molar-refractivity contribution >= 4 is 0 Å². The lowest BCUT2D eigenvalue weighted by Gasteiger charge is -2.34. The molecule has 1 aromatic carbocycles. The van der Waals surface area contributed by atoms with Crippen LogP contribution in [0.3, 0.4) is 0 Å². The Morgan fingerprint density at radius 1 is 1.21 bits per heavy atom. The molecule has 4 rings (SSSR count). The zero-order chi connectivity index (χ0) is 16.4. The molecule has 1 aliphatic rings. The van der Waals surface area contributed by atoms with E-state index in [1.165, 1.54) is 18.4 Å². The highest BCUT2D eigenvalue weighted by atomic mass is 16.5. The molecule has 0 spiro atoms. The predicted octanol–water partition coefficient (Wildman–Crippen LogP) is 3.90. The van der Waals surface area contributed by atoms with E-state index in [-0.39, 0.29) is 0 Å². The van der Waals surface area contributed by atoms with E-state index in [0.29, 0.717) is 6.04 Å². The van der Waals surface area contributed by atoms with Crippen LogP contribution in [0.25, 0.3) is 5.69 Å². The van der Waals surface area contributed by atoms with E-state index in [2.05, 4.69) is 45.5 Å². The highest BCUT2D eigenvalue weighted by molar-refractivity contribution is 5.35. The lowest BCUT2D eigenvalue weighted by Crippen LogP contribution is -2.33. The van der Waals surface area contributed by atoms with Crippen molar-refractivity contribution in [3.8, 4) is 5.69 Å². The van der Waals surface area contributed by atoms with Crippen molar-refractivity contribution in [2.24, 2.45) is 0 Å². The molecule has 3 aromatic rings. The van der Waals surface area contributed by atoms with Crippen LogP contribution < -0.4 is 0 Å². The van der Waals surface area contributed by atoms with Gasteiger partial charge in [0.1, 0.15) is 11.5 Å². The number of hydrogen-bond acceptors (Lipinski definition) is 4. The highest BCUT2D eigenvalue weighted by Gasteiger charge is 2.26. The molecular formula is C19H22N4O. The Morgan fingerprint density at radius 2 is 2.17 bits per heavy atom. The first kappa shape index (κ1) is 15.1. The van der Waals surface area contributed by atoms with Gasteiger partial charge in [0.05, 0.1) is 11.7 Å².